The molecule has 2 heterocycles. The van der Waals surface area contributed by atoms with E-state index in [-0.39, 0.29) is 41.7 Å². The van der Waals surface area contributed by atoms with Crippen molar-refractivity contribution in [3.8, 4) is 0 Å². The van der Waals surface area contributed by atoms with Crippen LogP contribution in [0.25, 0.3) is 0 Å². The van der Waals surface area contributed by atoms with Crippen LogP contribution < -0.4 is 5.32 Å². The molecule has 0 unspecified atom stereocenters. The predicted molar refractivity (Wildman–Crippen MR) is 94.9 cm³/mol. The fraction of sp³-hybridized carbons (Fsp3) is 0.550. The third kappa shape index (κ3) is 3.79. The average Bonchev–Trinajstić information content (AvgIpc) is 2.86. The molecular formula is C20H25FN2O3. The van der Waals surface area contributed by atoms with Crippen molar-refractivity contribution in [3.05, 3.63) is 35.6 Å². The maximum absolute atomic E-state index is 13.4. The molecule has 0 spiro atoms. The summed E-state index contributed by atoms with van der Waals surface area (Å²) < 4.78 is 13.4. The summed E-state index contributed by atoms with van der Waals surface area (Å²) in [7, 11) is 0. The number of benzene rings is 1. The van der Waals surface area contributed by atoms with Crippen molar-refractivity contribution in [2.75, 3.05) is 13.1 Å². The predicted octanol–water partition coefficient (Wildman–Crippen LogP) is 2.41. The van der Waals surface area contributed by atoms with E-state index in [0.29, 0.717) is 19.5 Å². The van der Waals surface area contributed by atoms with E-state index in [1.54, 1.807) is 19.1 Å². The highest BCUT2D eigenvalue weighted by Crippen LogP contribution is 2.30. The van der Waals surface area contributed by atoms with Gasteiger partial charge in [-0.2, -0.15) is 0 Å². The van der Waals surface area contributed by atoms with Crippen LogP contribution in [0.5, 0.6) is 0 Å². The van der Waals surface area contributed by atoms with Gasteiger partial charge in [0.15, 0.2) is 5.78 Å². The lowest BCUT2D eigenvalue weighted by molar-refractivity contribution is -0.137. The van der Waals surface area contributed by atoms with Gasteiger partial charge in [0.25, 0.3) is 0 Å². The second-order valence-electron chi connectivity index (χ2n) is 7.74. The molecule has 140 valence electrons. The maximum Gasteiger partial charge on any atom is 0.228 e. The number of nitrogens with zero attached hydrogens (tertiary/aromatic N) is 1. The fourth-order valence-corrected chi connectivity index (χ4v) is 4.13. The van der Waals surface area contributed by atoms with Crippen LogP contribution >= 0.6 is 0 Å². The number of ketones is 1. The number of rotatable bonds is 4. The van der Waals surface area contributed by atoms with Gasteiger partial charge < -0.3 is 10.2 Å². The summed E-state index contributed by atoms with van der Waals surface area (Å²) >= 11 is 0. The van der Waals surface area contributed by atoms with Crippen molar-refractivity contribution in [1.29, 1.82) is 0 Å². The Labute approximate surface area is 152 Å². The molecule has 1 aromatic rings. The zero-order valence-corrected chi connectivity index (χ0v) is 15.3. The van der Waals surface area contributed by atoms with E-state index >= 15 is 0 Å². The molecule has 0 saturated carbocycles. The molecule has 0 aromatic heterocycles. The average molecular weight is 360 g/mol. The molecule has 2 aliphatic rings. The molecule has 2 atom stereocenters. The van der Waals surface area contributed by atoms with Gasteiger partial charge in [-0.05, 0) is 49.8 Å². The summed E-state index contributed by atoms with van der Waals surface area (Å²) in [6, 6.07) is 6.66. The molecule has 0 aliphatic carbocycles. The van der Waals surface area contributed by atoms with E-state index < -0.39 is 5.54 Å². The molecule has 0 radical (unpaired) electrons. The Balaban J connectivity index is 1.56. The van der Waals surface area contributed by atoms with Crippen molar-refractivity contribution >= 4 is 17.6 Å². The quantitative estimate of drug-likeness (QED) is 0.839. The topological polar surface area (TPSA) is 66.5 Å². The number of nitrogens with one attached hydrogen (secondary N) is 1. The third-order valence-corrected chi connectivity index (χ3v) is 5.61. The van der Waals surface area contributed by atoms with E-state index in [4.69, 9.17) is 0 Å². The van der Waals surface area contributed by atoms with Crippen LogP contribution in [0.4, 0.5) is 4.39 Å². The minimum Gasteiger partial charge on any atom is -0.343 e. The van der Waals surface area contributed by atoms with Crippen LogP contribution in [0.2, 0.25) is 0 Å². The second-order valence-corrected chi connectivity index (χ2v) is 7.74. The number of amides is 2. The maximum atomic E-state index is 13.4. The van der Waals surface area contributed by atoms with Gasteiger partial charge in [-0.3, -0.25) is 14.4 Å². The van der Waals surface area contributed by atoms with Crippen molar-refractivity contribution in [1.82, 2.24) is 10.2 Å². The minimum atomic E-state index is -0.938. The standard InChI is InChI=1S/C20H25FN2O3/c1-13(12-20(2)17(24)11-18(25)22-20)19(26)23-8-6-14(7-9-23)15-4-3-5-16(21)10-15/h3-5,10,13-14H,6-9,11-12H2,1-2H3,(H,22,25)/t13-,20+/m0/s1. The van der Waals surface area contributed by atoms with Crippen LogP contribution in [0.15, 0.2) is 24.3 Å². The minimum absolute atomic E-state index is 0.0119. The van der Waals surface area contributed by atoms with Gasteiger partial charge in [0.2, 0.25) is 11.8 Å². The van der Waals surface area contributed by atoms with E-state index in [0.717, 1.165) is 18.4 Å². The number of piperidine rings is 1. The fourth-order valence-electron chi connectivity index (χ4n) is 4.13. The number of hydrogen-bond acceptors (Lipinski definition) is 3. The molecule has 1 aromatic carbocycles. The molecule has 26 heavy (non-hydrogen) atoms. The van der Waals surface area contributed by atoms with Crippen LogP contribution in [0.1, 0.15) is 51.0 Å². The van der Waals surface area contributed by atoms with Gasteiger partial charge >= 0.3 is 0 Å². The van der Waals surface area contributed by atoms with Crippen molar-refractivity contribution in [2.24, 2.45) is 5.92 Å². The third-order valence-electron chi connectivity index (χ3n) is 5.61. The molecule has 5 nitrogen and oxygen atoms in total. The molecule has 1 N–H and O–H groups in total. The number of likely N-dealkylation sites (tertiary alicyclic amines) is 1. The molecule has 3 rings (SSSR count). The first-order valence-corrected chi connectivity index (χ1v) is 9.17. The van der Waals surface area contributed by atoms with Crippen molar-refractivity contribution < 1.29 is 18.8 Å². The lowest BCUT2D eigenvalue weighted by Gasteiger charge is -2.35. The number of carbonyl (C=O) groups is 3. The monoisotopic (exact) mass is 360 g/mol. The zero-order chi connectivity index (χ0) is 18.9. The van der Waals surface area contributed by atoms with E-state index in [1.807, 2.05) is 17.9 Å². The lowest BCUT2D eigenvalue weighted by atomic mass is 9.85. The summed E-state index contributed by atoms with van der Waals surface area (Å²) in [5.74, 6) is -0.713. The Morgan fingerprint density at radius 1 is 1.35 bits per heavy atom. The Kier molecular flexibility index (Phi) is 5.12. The van der Waals surface area contributed by atoms with Crippen LogP contribution in [-0.2, 0) is 14.4 Å². The van der Waals surface area contributed by atoms with Gasteiger partial charge in [0, 0.05) is 19.0 Å². The molecule has 6 heteroatoms. The SMILES string of the molecule is C[C@@H](C[C@@]1(C)NC(=O)CC1=O)C(=O)N1CCC(c2cccc(F)c2)CC1. The largest absolute Gasteiger partial charge is 0.343 e. The number of hydrogen-bond donors (Lipinski definition) is 1. The molecule has 2 amide bonds. The first-order chi connectivity index (χ1) is 12.3. The Hall–Kier alpha value is -2.24. The van der Waals surface area contributed by atoms with Gasteiger partial charge in [-0.1, -0.05) is 19.1 Å². The molecule has 0 bridgehead atoms. The zero-order valence-electron chi connectivity index (χ0n) is 15.3. The Bertz CT molecular complexity index is 728. The smallest absolute Gasteiger partial charge is 0.228 e. The second kappa shape index (κ2) is 7.17. The molecule has 2 aliphatic heterocycles. The van der Waals surface area contributed by atoms with Crippen LogP contribution in [0.3, 0.4) is 0 Å². The first kappa shape index (κ1) is 18.5. The van der Waals surface area contributed by atoms with E-state index in [1.165, 1.54) is 6.07 Å². The summed E-state index contributed by atoms with van der Waals surface area (Å²) in [4.78, 5) is 38.1. The summed E-state index contributed by atoms with van der Waals surface area (Å²) in [5, 5.41) is 2.71. The molecule has 2 fully saturated rings. The number of halogens is 1. The van der Waals surface area contributed by atoms with Gasteiger partial charge in [-0.25, -0.2) is 4.39 Å². The van der Waals surface area contributed by atoms with Gasteiger partial charge in [-0.15, -0.1) is 0 Å². The van der Waals surface area contributed by atoms with E-state index in [9.17, 15) is 18.8 Å². The van der Waals surface area contributed by atoms with Gasteiger partial charge in [0.05, 0.1) is 12.0 Å². The van der Waals surface area contributed by atoms with Crippen LogP contribution in [0, 0.1) is 11.7 Å². The molecule has 2 saturated heterocycles. The highest BCUT2D eigenvalue weighted by Gasteiger charge is 2.44. The highest BCUT2D eigenvalue weighted by atomic mass is 19.1. The normalized spacial score (nSPS) is 25.3. The first-order valence-electron chi connectivity index (χ1n) is 9.17. The number of Topliss-reactive ketones (excluding diaryl/α,β-unsaturated/α-hetero) is 1. The Morgan fingerprint density at radius 3 is 2.62 bits per heavy atom. The summed E-state index contributed by atoms with van der Waals surface area (Å²) in [6.45, 7) is 4.76. The van der Waals surface area contributed by atoms with Gasteiger partial charge in [0.1, 0.15) is 5.82 Å². The summed E-state index contributed by atoms with van der Waals surface area (Å²) in [5.41, 5.74) is 0.0448. The van der Waals surface area contributed by atoms with Crippen molar-refractivity contribution in [2.45, 2.75) is 51.0 Å². The summed E-state index contributed by atoms with van der Waals surface area (Å²) in [6.07, 6.45) is 1.82. The molecular weight excluding hydrogens is 335 g/mol. The van der Waals surface area contributed by atoms with E-state index in [2.05, 4.69) is 5.32 Å². The Morgan fingerprint density at radius 2 is 2.04 bits per heavy atom. The highest BCUT2D eigenvalue weighted by molar-refractivity contribution is 6.10. The van der Waals surface area contributed by atoms with Crippen molar-refractivity contribution in [3.63, 3.8) is 0 Å². The van der Waals surface area contributed by atoms with Crippen LogP contribution in [-0.4, -0.2) is 41.1 Å². The lowest BCUT2D eigenvalue weighted by Crippen LogP contribution is -2.48. The number of carbonyl (C=O) groups excluding carboxylic acids is 3.